The van der Waals surface area contributed by atoms with E-state index >= 15 is 0 Å². The van der Waals surface area contributed by atoms with Crippen LogP contribution in [0.25, 0.3) is 44.4 Å². The van der Waals surface area contributed by atoms with Crippen molar-refractivity contribution in [3.8, 4) is 5.88 Å². The molecule has 0 saturated heterocycles. The number of amides is 1. The number of H-pyrrole nitrogens is 2. The molecule has 68 heavy (non-hydrogen) atoms. The summed E-state index contributed by atoms with van der Waals surface area (Å²) in [6.07, 6.45) is 15.4. The van der Waals surface area contributed by atoms with E-state index in [2.05, 4.69) is 178 Å². The summed E-state index contributed by atoms with van der Waals surface area (Å²) in [5, 5.41) is 4.05. The number of para-hydroxylation sites is 1. The maximum atomic E-state index is 11.0. The number of carbonyl (C=O) groups excluding carboxylic acids is 1. The molecule has 3 N–H and O–H groups in total. The second kappa shape index (κ2) is 30.0. The molecular weight excluding hydrogens is 1000 g/mol. The monoisotopic (exact) mass is 1070 g/mol. The number of nitrogens with zero attached hydrogens (tertiary/aromatic N) is 9. The Morgan fingerprint density at radius 3 is 1.93 bits per heavy atom. The number of aromatic amines is 2. The Balaban J connectivity index is 0.000000808. The van der Waals surface area contributed by atoms with Gasteiger partial charge in [-0.2, -0.15) is 0 Å². The quantitative estimate of drug-likeness (QED) is 0.140. The Bertz CT molecular complexity index is 2660. The van der Waals surface area contributed by atoms with E-state index in [4.69, 9.17) is 4.74 Å². The number of nitrogens with one attached hydrogen (secondary N) is 3. The first kappa shape index (κ1) is 63.2. The number of hydrogen-bond donors (Lipinski definition) is 3. The van der Waals surface area contributed by atoms with Crippen LogP contribution >= 0.6 is 0 Å². The van der Waals surface area contributed by atoms with Gasteiger partial charge < -0.3 is 49.5 Å². The number of carbonyl (C=O) groups is 1. The first-order valence-corrected chi connectivity index (χ1v) is 21.0. The van der Waals surface area contributed by atoms with Crippen LogP contribution in [0.1, 0.15) is 151 Å². The largest absolute Gasteiger partial charge is 0.466 e. The van der Waals surface area contributed by atoms with E-state index < -0.39 is 0 Å². The second-order valence-electron chi connectivity index (χ2n) is 16.5. The van der Waals surface area contributed by atoms with Crippen LogP contribution in [0.15, 0.2) is 98.2 Å². The predicted octanol–water partition coefficient (Wildman–Crippen LogP) is 13.0. The molecule has 1 aliphatic heterocycles. The van der Waals surface area contributed by atoms with Crippen LogP contribution < -0.4 is 15.0 Å². The first-order chi connectivity index (χ1) is 29.8. The van der Waals surface area contributed by atoms with Crippen LogP contribution in [0.5, 0.6) is 5.88 Å². The van der Waals surface area contributed by atoms with Gasteiger partial charge in [0.25, 0.3) is 5.91 Å². The van der Waals surface area contributed by atoms with Gasteiger partial charge >= 0.3 is 0 Å². The van der Waals surface area contributed by atoms with E-state index in [1.54, 1.807) is 18.9 Å². The Hall–Kier alpha value is -4.75. The minimum Gasteiger partial charge on any atom is -0.466 e. The van der Waals surface area contributed by atoms with Gasteiger partial charge in [-0.15, -0.1) is 0 Å². The molecule has 0 spiro atoms. The topological polar surface area (TPSA) is 179 Å². The van der Waals surface area contributed by atoms with Gasteiger partial charge in [-0.3, -0.25) is 4.79 Å². The van der Waals surface area contributed by atoms with Gasteiger partial charge in [-0.1, -0.05) is 115 Å². The van der Waals surface area contributed by atoms with Gasteiger partial charge in [0, 0.05) is 119 Å². The van der Waals surface area contributed by atoms with Crippen LogP contribution in [0.4, 0.5) is 5.69 Å². The molecule has 1 aromatic carbocycles. The molecule has 0 fully saturated rings. The van der Waals surface area contributed by atoms with Crippen molar-refractivity contribution in [2.45, 2.75) is 129 Å². The van der Waals surface area contributed by atoms with Crippen molar-refractivity contribution in [1.29, 1.82) is 0 Å². The molecule has 9 aromatic rings. The molecule has 2 radical (unpaired) electrons. The molecule has 16 heteroatoms. The molecule has 1 amide bonds. The maximum absolute atomic E-state index is 11.0. The number of hydrogen-bond acceptors (Lipinski definition) is 9. The molecule has 1 aliphatic rings. The molecule has 8 aromatic heterocycles. The van der Waals surface area contributed by atoms with E-state index in [1.165, 1.54) is 27.6 Å². The fourth-order valence-electron chi connectivity index (χ4n) is 6.25. The summed E-state index contributed by atoms with van der Waals surface area (Å²) in [5.74, 6) is 2.29. The van der Waals surface area contributed by atoms with Crippen LogP contribution in [0.2, 0.25) is 0 Å². The van der Waals surface area contributed by atoms with Crippen molar-refractivity contribution < 1.29 is 74.9 Å². The average molecular weight is 1080 g/mol. The minimum absolute atomic E-state index is 0. The van der Waals surface area contributed by atoms with Crippen LogP contribution in [-0.4, -0.2) is 61.9 Å². The molecular formula is C52H72N12O2Y2-2. The molecule has 0 unspecified atom stereocenters. The van der Waals surface area contributed by atoms with Crippen molar-refractivity contribution in [2.75, 3.05) is 11.9 Å². The number of pyridine rings is 4. The first-order valence-electron chi connectivity index (χ1n) is 21.0. The summed E-state index contributed by atoms with van der Waals surface area (Å²) >= 11 is 0. The Labute approximate surface area is 454 Å². The number of aromatic nitrogens is 11. The smallest absolute Gasteiger partial charge is 0.262 e. The normalized spacial score (nSPS) is 11.0. The number of benzene rings is 1. The fourth-order valence-corrected chi connectivity index (χ4v) is 6.25. The number of fused-ring (bicyclic) bond motifs is 5. The van der Waals surface area contributed by atoms with Crippen molar-refractivity contribution in [2.24, 2.45) is 0 Å². The van der Waals surface area contributed by atoms with E-state index in [-0.39, 0.29) is 108 Å². The van der Waals surface area contributed by atoms with E-state index in [0.29, 0.717) is 41.3 Å². The summed E-state index contributed by atoms with van der Waals surface area (Å²) in [6.45, 7) is 21.5. The zero-order chi connectivity index (χ0) is 44.3. The molecule has 360 valence electrons. The second-order valence-corrected chi connectivity index (χ2v) is 16.5. The number of ether oxygens (including phenoxy) is 1. The fraction of sp³-hybridized carbons (Fsp3) is 0.385. The Morgan fingerprint density at radius 1 is 0.676 bits per heavy atom. The SMILES string of the molecule is C.C.C.C.CC(C)c1cnc2[n-]cnc2c1.CC(C)c1cnc2[nH][c-]nc2c1.CC(C)c1cnc2c(c1)NC(=O)CO2.CC(C)c1cnc2nc[nH]c2c1.CC(C)n1ccc2ccccc21.[Y].[Y]. The standard InChI is InChI=1S/C11H13N.C10H12N2O2.C9H11N3.2C9H10N3.4CH4.2Y/c1-9(2)12-8-7-10-5-3-4-6-11(10)12;1-6(2)7-3-8-10(11-4-7)14-5-9(13)12-8;3*1-6(2)7-3-8-9(10-4-7)12-5-11-8;;;;;;/h3-9H,1-2H3;3-4,6H,5H2,1-2H3,(H,12,13);3-6H,1-2H3,(H,10,11,12);3-4,6H,1-2H3,(H,10,11,12);3-6H,1-2H3;4*1H4;;/q;;;2*-1;;;;;;. The van der Waals surface area contributed by atoms with Crippen molar-refractivity contribution >= 4 is 56.0 Å². The molecule has 0 saturated carbocycles. The third-order valence-corrected chi connectivity index (χ3v) is 10.1. The Kier molecular flexibility index (Phi) is 27.9. The van der Waals surface area contributed by atoms with Crippen molar-refractivity contribution in [3.63, 3.8) is 0 Å². The predicted molar refractivity (Wildman–Crippen MR) is 273 cm³/mol. The third-order valence-electron chi connectivity index (χ3n) is 10.1. The molecule has 0 bridgehead atoms. The average Bonchev–Trinajstić information content (AvgIpc) is 4.10. The third kappa shape index (κ3) is 17.0. The van der Waals surface area contributed by atoms with Gasteiger partial charge in [0.15, 0.2) is 12.3 Å². The molecule has 0 atom stereocenters. The summed E-state index contributed by atoms with van der Waals surface area (Å²) in [5.41, 5.74) is 11.9. The van der Waals surface area contributed by atoms with Gasteiger partial charge in [-0.25, -0.2) is 15.0 Å². The summed E-state index contributed by atoms with van der Waals surface area (Å²) < 4.78 is 7.43. The Morgan fingerprint density at radius 2 is 1.26 bits per heavy atom. The van der Waals surface area contributed by atoms with E-state index in [9.17, 15) is 4.79 Å². The number of anilines is 1. The summed E-state index contributed by atoms with van der Waals surface area (Å²) in [7, 11) is 0. The zero-order valence-corrected chi connectivity index (χ0v) is 44.0. The maximum Gasteiger partial charge on any atom is 0.262 e. The van der Waals surface area contributed by atoms with E-state index in [1.807, 2.05) is 36.8 Å². The van der Waals surface area contributed by atoms with Gasteiger partial charge in [0.2, 0.25) is 5.88 Å². The van der Waals surface area contributed by atoms with Crippen LogP contribution in [0.3, 0.4) is 0 Å². The van der Waals surface area contributed by atoms with Crippen molar-refractivity contribution in [3.05, 3.63) is 127 Å². The van der Waals surface area contributed by atoms with Crippen LogP contribution in [-0.2, 0) is 70.2 Å². The van der Waals surface area contributed by atoms with E-state index in [0.717, 1.165) is 39.1 Å². The molecule has 14 nitrogen and oxygen atoms in total. The van der Waals surface area contributed by atoms with Crippen LogP contribution in [0, 0.1) is 6.33 Å². The summed E-state index contributed by atoms with van der Waals surface area (Å²) in [4.78, 5) is 49.8. The number of imidazole rings is 3. The molecule has 0 aliphatic carbocycles. The van der Waals surface area contributed by atoms with Gasteiger partial charge in [0.05, 0.1) is 11.8 Å². The van der Waals surface area contributed by atoms with Crippen molar-refractivity contribution in [1.82, 2.24) is 54.4 Å². The summed E-state index contributed by atoms with van der Waals surface area (Å²) in [6, 6.07) is 19.3. The minimum atomic E-state index is -0.125. The zero-order valence-electron chi connectivity index (χ0n) is 38.3. The molecule has 9 heterocycles. The molecule has 10 rings (SSSR count). The van der Waals surface area contributed by atoms with Gasteiger partial charge in [-0.05, 0) is 114 Å². The number of rotatable bonds is 5. The van der Waals surface area contributed by atoms with Gasteiger partial charge in [0.1, 0.15) is 5.69 Å².